The number of hydrogen-bond donors (Lipinski definition) is 0. The van der Waals surface area contributed by atoms with Crippen LogP contribution in [-0.4, -0.2) is 31.6 Å². The van der Waals surface area contributed by atoms with E-state index in [1.54, 1.807) is 4.31 Å². The van der Waals surface area contributed by atoms with Crippen LogP contribution < -0.4 is 0 Å². The highest BCUT2D eigenvalue weighted by Gasteiger charge is 2.20. The van der Waals surface area contributed by atoms with E-state index in [0.717, 1.165) is 32.1 Å². The summed E-state index contributed by atoms with van der Waals surface area (Å²) in [5.41, 5.74) is 0. The third-order valence-corrected chi connectivity index (χ3v) is 4.77. The van der Waals surface area contributed by atoms with Gasteiger partial charge in [0.2, 0.25) is 10.0 Å². The Morgan fingerprint density at radius 2 is 1.47 bits per heavy atom. The zero-order valence-electron chi connectivity index (χ0n) is 11.9. The first kappa shape index (κ1) is 16.9. The van der Waals surface area contributed by atoms with E-state index >= 15 is 0 Å². The van der Waals surface area contributed by atoms with Crippen LogP contribution in [0.25, 0.3) is 0 Å². The normalized spacial score (nSPS) is 12.6. The molecule has 0 fully saturated rings. The first-order valence-electron chi connectivity index (χ1n) is 6.91. The van der Waals surface area contributed by atoms with Crippen LogP contribution in [0.15, 0.2) is 0 Å². The minimum atomic E-state index is -3.03. The molecule has 0 aromatic rings. The van der Waals surface area contributed by atoms with Gasteiger partial charge in [-0.2, -0.15) is 0 Å². The van der Waals surface area contributed by atoms with Crippen molar-refractivity contribution in [2.24, 2.45) is 5.92 Å². The summed E-state index contributed by atoms with van der Waals surface area (Å²) in [6.07, 6.45) is 4.77. The monoisotopic (exact) mass is 263 g/mol. The van der Waals surface area contributed by atoms with E-state index in [-0.39, 0.29) is 0 Å². The summed E-state index contributed by atoms with van der Waals surface area (Å²) >= 11 is 0. The number of hydrogen-bond acceptors (Lipinski definition) is 2. The molecule has 0 aromatic carbocycles. The van der Waals surface area contributed by atoms with Crippen LogP contribution in [0.1, 0.15) is 59.8 Å². The van der Waals surface area contributed by atoms with E-state index in [1.807, 2.05) is 0 Å². The summed E-state index contributed by atoms with van der Waals surface area (Å²) in [5, 5.41) is 0. The number of sulfonamides is 1. The summed E-state index contributed by atoms with van der Waals surface area (Å²) in [5.74, 6) is 0.752. The Balaban J connectivity index is 4.40. The molecule has 0 aliphatic carbocycles. The van der Waals surface area contributed by atoms with Crippen molar-refractivity contribution in [3.63, 3.8) is 0 Å². The van der Waals surface area contributed by atoms with Gasteiger partial charge in [0.25, 0.3) is 0 Å². The van der Waals surface area contributed by atoms with Gasteiger partial charge in [-0.05, 0) is 25.2 Å². The molecule has 0 heterocycles. The second kappa shape index (κ2) is 8.92. The maximum atomic E-state index is 12.2. The minimum absolute atomic E-state index is 0.304. The molecule has 0 spiro atoms. The van der Waals surface area contributed by atoms with Gasteiger partial charge >= 0.3 is 0 Å². The van der Waals surface area contributed by atoms with Gasteiger partial charge in [-0.1, -0.05) is 40.5 Å². The van der Waals surface area contributed by atoms with Crippen LogP contribution in [0.3, 0.4) is 0 Å². The van der Waals surface area contributed by atoms with Crippen LogP contribution in [0.2, 0.25) is 0 Å². The van der Waals surface area contributed by atoms with Crippen LogP contribution in [-0.2, 0) is 10.0 Å². The molecule has 0 unspecified atom stereocenters. The average molecular weight is 263 g/mol. The van der Waals surface area contributed by atoms with Crippen molar-refractivity contribution >= 4 is 10.0 Å². The topological polar surface area (TPSA) is 37.4 Å². The number of unbranched alkanes of at least 4 members (excludes halogenated alkanes) is 2. The molecule has 0 rings (SSSR count). The lowest BCUT2D eigenvalue weighted by atomic mass is 10.2. The zero-order valence-corrected chi connectivity index (χ0v) is 12.7. The minimum Gasteiger partial charge on any atom is -0.212 e. The molecule has 0 radical (unpaired) electrons. The fourth-order valence-electron chi connectivity index (χ4n) is 1.57. The first-order valence-corrected chi connectivity index (χ1v) is 8.52. The van der Waals surface area contributed by atoms with E-state index in [9.17, 15) is 8.42 Å². The van der Waals surface area contributed by atoms with Gasteiger partial charge in [0, 0.05) is 13.1 Å². The van der Waals surface area contributed by atoms with Gasteiger partial charge in [-0.25, -0.2) is 12.7 Å². The SMILES string of the molecule is CCCCN(CCCC)S(=O)(=O)CCC(C)C. The van der Waals surface area contributed by atoms with E-state index < -0.39 is 10.0 Å². The molecule has 17 heavy (non-hydrogen) atoms. The fourth-order valence-corrected chi connectivity index (χ4v) is 3.41. The quantitative estimate of drug-likeness (QED) is 0.606. The van der Waals surface area contributed by atoms with Crippen molar-refractivity contribution in [2.45, 2.75) is 59.8 Å². The van der Waals surface area contributed by atoms with Crippen LogP contribution in [0.5, 0.6) is 0 Å². The maximum absolute atomic E-state index is 12.2. The van der Waals surface area contributed by atoms with E-state index in [2.05, 4.69) is 27.7 Å². The molecule has 0 bridgehead atoms. The Morgan fingerprint density at radius 1 is 1.00 bits per heavy atom. The lowest BCUT2D eigenvalue weighted by Gasteiger charge is -2.22. The number of nitrogens with zero attached hydrogens (tertiary/aromatic N) is 1. The number of rotatable bonds is 10. The largest absolute Gasteiger partial charge is 0.214 e. The molecule has 0 saturated carbocycles. The molecule has 0 aliphatic rings. The van der Waals surface area contributed by atoms with Crippen LogP contribution in [0, 0.1) is 5.92 Å². The molecular formula is C13H29NO2S. The van der Waals surface area contributed by atoms with Gasteiger partial charge in [0.1, 0.15) is 0 Å². The first-order chi connectivity index (χ1) is 7.94. The Bertz CT molecular complexity index is 265. The van der Waals surface area contributed by atoms with Crippen molar-refractivity contribution in [1.82, 2.24) is 4.31 Å². The molecule has 0 saturated heterocycles. The van der Waals surface area contributed by atoms with Gasteiger partial charge < -0.3 is 0 Å². The van der Waals surface area contributed by atoms with Crippen molar-refractivity contribution in [1.29, 1.82) is 0 Å². The Morgan fingerprint density at radius 3 is 1.82 bits per heavy atom. The van der Waals surface area contributed by atoms with Crippen molar-refractivity contribution in [2.75, 3.05) is 18.8 Å². The Hall–Kier alpha value is -0.0900. The predicted molar refractivity (Wildman–Crippen MR) is 74.6 cm³/mol. The molecule has 0 aliphatic heterocycles. The van der Waals surface area contributed by atoms with Crippen molar-refractivity contribution in [3.05, 3.63) is 0 Å². The van der Waals surface area contributed by atoms with Crippen LogP contribution >= 0.6 is 0 Å². The summed E-state index contributed by atoms with van der Waals surface area (Å²) in [6.45, 7) is 9.71. The van der Waals surface area contributed by atoms with Gasteiger partial charge in [0.05, 0.1) is 5.75 Å². The van der Waals surface area contributed by atoms with Crippen molar-refractivity contribution in [3.8, 4) is 0 Å². The highest BCUT2D eigenvalue weighted by molar-refractivity contribution is 7.89. The molecule has 0 atom stereocenters. The van der Waals surface area contributed by atoms with Crippen molar-refractivity contribution < 1.29 is 8.42 Å². The van der Waals surface area contributed by atoms with Gasteiger partial charge in [-0.3, -0.25) is 0 Å². The fraction of sp³-hybridized carbons (Fsp3) is 1.00. The van der Waals surface area contributed by atoms with Crippen LogP contribution in [0.4, 0.5) is 0 Å². The predicted octanol–water partition coefficient (Wildman–Crippen LogP) is 3.26. The molecule has 0 aromatic heterocycles. The molecular weight excluding hydrogens is 234 g/mol. The maximum Gasteiger partial charge on any atom is 0.214 e. The van der Waals surface area contributed by atoms with Gasteiger partial charge in [-0.15, -0.1) is 0 Å². The second-order valence-corrected chi connectivity index (χ2v) is 7.19. The summed E-state index contributed by atoms with van der Waals surface area (Å²) in [4.78, 5) is 0. The third kappa shape index (κ3) is 7.77. The third-order valence-electron chi connectivity index (χ3n) is 2.87. The van der Waals surface area contributed by atoms with Gasteiger partial charge in [0.15, 0.2) is 0 Å². The Kier molecular flexibility index (Phi) is 8.88. The highest BCUT2D eigenvalue weighted by atomic mass is 32.2. The molecule has 0 N–H and O–H groups in total. The summed E-state index contributed by atoms with van der Waals surface area (Å²) in [6, 6.07) is 0. The Labute approximate surface area is 108 Å². The molecule has 104 valence electrons. The molecule has 4 heteroatoms. The molecule has 3 nitrogen and oxygen atoms in total. The van der Waals surface area contributed by atoms with E-state index in [4.69, 9.17) is 0 Å². The lowest BCUT2D eigenvalue weighted by molar-refractivity contribution is 0.393. The second-order valence-electron chi connectivity index (χ2n) is 5.10. The average Bonchev–Trinajstić information content (AvgIpc) is 2.26. The standard InChI is InChI=1S/C13H29NO2S/c1-5-7-10-14(11-8-6-2)17(15,16)12-9-13(3)4/h13H,5-12H2,1-4H3. The molecule has 0 amide bonds. The highest BCUT2D eigenvalue weighted by Crippen LogP contribution is 2.11. The van der Waals surface area contributed by atoms with E-state index in [0.29, 0.717) is 24.8 Å². The zero-order chi connectivity index (χ0) is 13.3. The summed E-state index contributed by atoms with van der Waals surface area (Å²) < 4.78 is 26.0. The smallest absolute Gasteiger partial charge is 0.212 e. The summed E-state index contributed by atoms with van der Waals surface area (Å²) in [7, 11) is -3.03. The van der Waals surface area contributed by atoms with E-state index in [1.165, 1.54) is 0 Å². The lowest BCUT2D eigenvalue weighted by Crippen LogP contribution is -2.35.